The van der Waals surface area contributed by atoms with Crippen LogP contribution in [0.2, 0.25) is 0 Å². The highest BCUT2D eigenvalue weighted by molar-refractivity contribution is 6.12. The van der Waals surface area contributed by atoms with Crippen LogP contribution in [0.4, 0.5) is 17.1 Å². The van der Waals surface area contributed by atoms with Gasteiger partial charge in [0.2, 0.25) is 0 Å². The van der Waals surface area contributed by atoms with Crippen LogP contribution in [0.15, 0.2) is 229 Å². The summed E-state index contributed by atoms with van der Waals surface area (Å²) >= 11 is 0. The van der Waals surface area contributed by atoms with Crippen molar-refractivity contribution in [2.45, 2.75) is 0 Å². The van der Waals surface area contributed by atoms with E-state index < -0.39 is 0 Å². The van der Waals surface area contributed by atoms with Crippen molar-refractivity contribution in [1.82, 2.24) is 0 Å². The van der Waals surface area contributed by atoms with Crippen LogP contribution < -0.4 is 4.90 Å². The first kappa shape index (κ1) is 34.1. The molecule has 0 aliphatic heterocycles. The number of para-hydroxylation sites is 1. The molecule has 11 aromatic carbocycles. The van der Waals surface area contributed by atoms with E-state index in [-0.39, 0.29) is 0 Å². The molecule has 0 radical (unpaired) electrons. The number of rotatable bonds is 6. The molecule has 1 heterocycles. The average Bonchev–Trinajstić information content (AvgIpc) is 3.67. The molecular formula is C58H37NO. The summed E-state index contributed by atoms with van der Waals surface area (Å²) in [5, 5.41) is 12.2. The van der Waals surface area contributed by atoms with Crippen molar-refractivity contribution >= 4 is 82.1 Å². The van der Waals surface area contributed by atoms with E-state index in [1.807, 2.05) is 0 Å². The Balaban J connectivity index is 0.977. The number of benzene rings is 11. The average molecular weight is 764 g/mol. The maximum Gasteiger partial charge on any atom is 0.136 e. The first-order chi connectivity index (χ1) is 29.7. The summed E-state index contributed by atoms with van der Waals surface area (Å²) in [5.41, 5.74) is 12.1. The van der Waals surface area contributed by atoms with Gasteiger partial charge in [0.15, 0.2) is 0 Å². The van der Waals surface area contributed by atoms with Crippen molar-refractivity contribution in [3.05, 3.63) is 224 Å². The molecule has 12 rings (SSSR count). The highest BCUT2D eigenvalue weighted by Crippen LogP contribution is 2.44. The van der Waals surface area contributed by atoms with Crippen molar-refractivity contribution in [2.24, 2.45) is 0 Å². The highest BCUT2D eigenvalue weighted by Gasteiger charge is 2.19. The Labute approximate surface area is 347 Å². The monoisotopic (exact) mass is 763 g/mol. The number of anilines is 3. The lowest BCUT2D eigenvalue weighted by atomic mass is 9.97. The molecule has 12 aromatic rings. The summed E-state index contributed by atoms with van der Waals surface area (Å²) in [6.07, 6.45) is 0. The van der Waals surface area contributed by atoms with E-state index in [2.05, 4.69) is 229 Å². The number of fused-ring (bicyclic) bond motifs is 8. The number of hydrogen-bond donors (Lipinski definition) is 0. The predicted octanol–water partition coefficient (Wildman–Crippen LogP) is 16.7. The second kappa shape index (κ2) is 13.9. The van der Waals surface area contributed by atoms with Gasteiger partial charge in [-0.05, 0) is 138 Å². The lowest BCUT2D eigenvalue weighted by molar-refractivity contribution is 0.669. The molecule has 2 heteroatoms. The number of nitrogens with zero attached hydrogens (tertiary/aromatic N) is 1. The molecule has 0 saturated heterocycles. The molecule has 0 amide bonds. The van der Waals surface area contributed by atoms with Crippen molar-refractivity contribution in [1.29, 1.82) is 0 Å². The van der Waals surface area contributed by atoms with Gasteiger partial charge in [-0.3, -0.25) is 0 Å². The Bertz CT molecular complexity index is 3600. The molecule has 1 aromatic heterocycles. The molecule has 0 saturated carbocycles. The van der Waals surface area contributed by atoms with Crippen LogP contribution >= 0.6 is 0 Å². The van der Waals surface area contributed by atoms with Crippen LogP contribution in [0.5, 0.6) is 0 Å². The van der Waals surface area contributed by atoms with Gasteiger partial charge in [0.1, 0.15) is 11.2 Å². The van der Waals surface area contributed by atoms with Crippen LogP contribution in [-0.2, 0) is 0 Å². The summed E-state index contributed by atoms with van der Waals surface area (Å²) in [5.74, 6) is 0. The zero-order chi connectivity index (χ0) is 39.6. The Hall–Kier alpha value is -7.94. The number of furan rings is 1. The van der Waals surface area contributed by atoms with Gasteiger partial charge in [0, 0.05) is 27.7 Å². The van der Waals surface area contributed by atoms with E-state index in [0.717, 1.165) is 50.1 Å². The minimum absolute atomic E-state index is 0.889. The van der Waals surface area contributed by atoms with Crippen LogP contribution in [0, 0.1) is 0 Å². The van der Waals surface area contributed by atoms with Gasteiger partial charge in [-0.2, -0.15) is 0 Å². The van der Waals surface area contributed by atoms with Gasteiger partial charge in [-0.15, -0.1) is 0 Å². The zero-order valence-corrected chi connectivity index (χ0v) is 32.7. The van der Waals surface area contributed by atoms with Gasteiger partial charge in [0.05, 0.1) is 5.69 Å². The fourth-order valence-electron chi connectivity index (χ4n) is 9.14. The van der Waals surface area contributed by atoms with Crippen LogP contribution in [0.3, 0.4) is 0 Å². The summed E-state index contributed by atoms with van der Waals surface area (Å²) in [6, 6.07) is 81.4. The van der Waals surface area contributed by atoms with E-state index in [0.29, 0.717) is 0 Å². The zero-order valence-electron chi connectivity index (χ0n) is 32.7. The normalized spacial score (nSPS) is 11.7. The number of hydrogen-bond acceptors (Lipinski definition) is 2. The van der Waals surface area contributed by atoms with E-state index in [1.165, 1.54) is 65.3 Å². The van der Waals surface area contributed by atoms with Gasteiger partial charge >= 0.3 is 0 Å². The van der Waals surface area contributed by atoms with E-state index in [9.17, 15) is 0 Å². The molecule has 2 nitrogen and oxygen atoms in total. The minimum atomic E-state index is 0.889. The molecule has 0 N–H and O–H groups in total. The van der Waals surface area contributed by atoms with Gasteiger partial charge in [0.25, 0.3) is 0 Å². The topological polar surface area (TPSA) is 16.4 Å². The fourth-order valence-corrected chi connectivity index (χ4v) is 9.14. The lowest BCUT2D eigenvalue weighted by Gasteiger charge is -2.28. The minimum Gasteiger partial charge on any atom is -0.456 e. The predicted molar refractivity (Wildman–Crippen MR) is 255 cm³/mol. The first-order valence-corrected chi connectivity index (χ1v) is 20.6. The van der Waals surface area contributed by atoms with Crippen LogP contribution in [-0.4, -0.2) is 0 Å². The maximum absolute atomic E-state index is 6.42. The SMILES string of the molecule is c1ccc(N(c2ccc(-c3ccc4ccccc4c3)cc2)c2ccc(-c3ccc4c(ccc5ccccc54)c3)cc2)c(-c2ccc3oc4cc5ccccc5cc4c3c2)c1. The molecule has 0 unspecified atom stereocenters. The standard InChI is InChI=1S/C58H37NO/c1-2-11-42-33-45(19-17-38(42)9-1)39-21-27-49(28-22-39)59(50-29-23-40(24-30-50)46-25-31-52-47(34-46)20-18-41-10-5-6-14-51(41)52)56-16-8-7-15-53(56)48-26-32-57-54(36-48)55-35-43-12-3-4-13-44(43)37-58(55)60-57/h1-37H. The lowest BCUT2D eigenvalue weighted by Crippen LogP contribution is -2.11. The largest absolute Gasteiger partial charge is 0.456 e. The van der Waals surface area contributed by atoms with Gasteiger partial charge < -0.3 is 9.32 Å². The van der Waals surface area contributed by atoms with Gasteiger partial charge in [-0.1, -0.05) is 158 Å². The van der Waals surface area contributed by atoms with Crippen molar-refractivity contribution in [2.75, 3.05) is 4.90 Å². The Morgan fingerprint density at radius 3 is 1.52 bits per heavy atom. The molecular weight excluding hydrogens is 727 g/mol. The van der Waals surface area contributed by atoms with E-state index in [1.54, 1.807) is 0 Å². The quantitative estimate of drug-likeness (QED) is 0.157. The van der Waals surface area contributed by atoms with E-state index in [4.69, 9.17) is 4.42 Å². The smallest absolute Gasteiger partial charge is 0.136 e. The van der Waals surface area contributed by atoms with Crippen LogP contribution in [0.1, 0.15) is 0 Å². The molecule has 0 bridgehead atoms. The Kier molecular flexibility index (Phi) is 7.89. The third kappa shape index (κ3) is 5.81. The maximum atomic E-state index is 6.42. The third-order valence-corrected chi connectivity index (χ3v) is 12.2. The van der Waals surface area contributed by atoms with Crippen molar-refractivity contribution in [3.8, 4) is 33.4 Å². The second-order valence-corrected chi connectivity index (χ2v) is 15.7. The van der Waals surface area contributed by atoms with Crippen LogP contribution in [0.25, 0.3) is 98.4 Å². The summed E-state index contributed by atoms with van der Waals surface area (Å²) in [7, 11) is 0. The molecule has 0 aliphatic rings. The summed E-state index contributed by atoms with van der Waals surface area (Å²) in [6.45, 7) is 0. The summed E-state index contributed by atoms with van der Waals surface area (Å²) < 4.78 is 6.42. The molecule has 60 heavy (non-hydrogen) atoms. The summed E-state index contributed by atoms with van der Waals surface area (Å²) in [4.78, 5) is 2.39. The fraction of sp³-hybridized carbons (Fsp3) is 0. The Morgan fingerprint density at radius 1 is 0.267 bits per heavy atom. The van der Waals surface area contributed by atoms with E-state index >= 15 is 0 Å². The molecule has 0 spiro atoms. The van der Waals surface area contributed by atoms with Gasteiger partial charge in [-0.25, -0.2) is 0 Å². The first-order valence-electron chi connectivity index (χ1n) is 20.6. The molecule has 0 fully saturated rings. The second-order valence-electron chi connectivity index (χ2n) is 15.7. The molecule has 0 aliphatic carbocycles. The van der Waals surface area contributed by atoms with Crippen molar-refractivity contribution < 1.29 is 4.42 Å². The molecule has 0 atom stereocenters. The highest BCUT2D eigenvalue weighted by atomic mass is 16.3. The third-order valence-electron chi connectivity index (χ3n) is 12.2. The molecule has 280 valence electrons. The van der Waals surface area contributed by atoms with Crippen molar-refractivity contribution in [3.63, 3.8) is 0 Å². The Morgan fingerprint density at radius 2 is 0.767 bits per heavy atom.